The molecule has 2 amide bonds. The first kappa shape index (κ1) is 12.7. The zero-order valence-corrected chi connectivity index (χ0v) is 11.4. The smallest absolute Gasteiger partial charge is 0.261 e. The molecule has 1 N–H and O–H groups in total. The number of phenols is 1. The van der Waals surface area contributed by atoms with Gasteiger partial charge in [0.1, 0.15) is 5.75 Å². The predicted octanol–water partition coefficient (Wildman–Crippen LogP) is 1.92. The Kier molecular flexibility index (Phi) is 2.59. The molecular weight excluding hydrogens is 286 g/mol. The van der Waals surface area contributed by atoms with Gasteiger partial charge in [0.05, 0.1) is 17.7 Å². The summed E-state index contributed by atoms with van der Waals surface area (Å²) in [5.74, 6) is 0.171. The molecule has 110 valence electrons. The van der Waals surface area contributed by atoms with Crippen LogP contribution in [-0.2, 0) is 6.54 Å². The third-order valence-electron chi connectivity index (χ3n) is 3.78. The number of hydrogen-bond acceptors (Lipinski definition) is 5. The molecule has 0 atom stereocenters. The molecule has 2 aromatic rings. The van der Waals surface area contributed by atoms with Crippen molar-refractivity contribution in [1.29, 1.82) is 0 Å². The number of ether oxygens (including phenoxy) is 2. The lowest BCUT2D eigenvalue weighted by Gasteiger charge is -2.15. The summed E-state index contributed by atoms with van der Waals surface area (Å²) < 4.78 is 10.4. The average Bonchev–Trinajstić information content (AvgIpc) is 3.06. The van der Waals surface area contributed by atoms with Crippen LogP contribution in [0.15, 0.2) is 36.4 Å². The van der Waals surface area contributed by atoms with Gasteiger partial charge in [-0.3, -0.25) is 14.5 Å². The van der Waals surface area contributed by atoms with Crippen LogP contribution in [0.5, 0.6) is 17.2 Å². The molecule has 0 aliphatic carbocycles. The van der Waals surface area contributed by atoms with Gasteiger partial charge in [-0.2, -0.15) is 0 Å². The number of rotatable bonds is 2. The van der Waals surface area contributed by atoms with Crippen molar-refractivity contribution >= 4 is 11.8 Å². The highest BCUT2D eigenvalue weighted by atomic mass is 16.7. The van der Waals surface area contributed by atoms with Gasteiger partial charge in [0, 0.05) is 11.6 Å². The van der Waals surface area contributed by atoms with E-state index >= 15 is 0 Å². The van der Waals surface area contributed by atoms with Gasteiger partial charge in [0.25, 0.3) is 11.8 Å². The van der Waals surface area contributed by atoms with Crippen molar-refractivity contribution in [2.45, 2.75) is 6.54 Å². The van der Waals surface area contributed by atoms with E-state index in [1.165, 1.54) is 6.07 Å². The van der Waals surface area contributed by atoms with Crippen molar-refractivity contribution in [3.05, 3.63) is 53.1 Å². The van der Waals surface area contributed by atoms with Crippen molar-refractivity contribution in [2.75, 3.05) is 6.79 Å². The highest BCUT2D eigenvalue weighted by molar-refractivity contribution is 6.21. The Labute approximate surface area is 125 Å². The first-order valence-corrected chi connectivity index (χ1v) is 6.72. The molecule has 0 spiro atoms. The molecule has 0 unspecified atom stereocenters. The van der Waals surface area contributed by atoms with Crippen LogP contribution >= 0.6 is 0 Å². The molecular formula is C16H11NO5. The standard InChI is InChI=1S/C16H11NO5/c18-12-6-14-13(21-8-22-14)5-9(12)7-17-15(19)10-3-1-2-4-11(10)16(17)20/h1-6,18H,7-8H2. The second-order valence-electron chi connectivity index (χ2n) is 5.08. The Morgan fingerprint density at radius 1 is 1.00 bits per heavy atom. The molecule has 2 heterocycles. The van der Waals surface area contributed by atoms with Crippen LogP contribution in [0.2, 0.25) is 0 Å². The number of imide groups is 1. The molecule has 22 heavy (non-hydrogen) atoms. The second kappa shape index (κ2) is 4.49. The van der Waals surface area contributed by atoms with E-state index in [9.17, 15) is 14.7 Å². The SMILES string of the molecule is O=C1c2ccccc2C(=O)N1Cc1cc2c(cc1O)OCO2. The summed E-state index contributed by atoms with van der Waals surface area (Å²) in [5.41, 5.74) is 1.19. The predicted molar refractivity (Wildman–Crippen MR) is 74.9 cm³/mol. The van der Waals surface area contributed by atoms with E-state index in [1.54, 1.807) is 30.3 Å². The molecule has 6 nitrogen and oxygen atoms in total. The fourth-order valence-corrected chi connectivity index (χ4v) is 2.65. The summed E-state index contributed by atoms with van der Waals surface area (Å²) in [6.45, 7) is 0.0695. The Morgan fingerprint density at radius 3 is 2.23 bits per heavy atom. The van der Waals surface area contributed by atoms with Gasteiger partial charge in [0.15, 0.2) is 11.5 Å². The van der Waals surface area contributed by atoms with Crippen molar-refractivity contribution in [2.24, 2.45) is 0 Å². The van der Waals surface area contributed by atoms with E-state index in [2.05, 4.69) is 0 Å². The fourth-order valence-electron chi connectivity index (χ4n) is 2.65. The van der Waals surface area contributed by atoms with Gasteiger partial charge in [-0.05, 0) is 18.2 Å². The van der Waals surface area contributed by atoms with Gasteiger partial charge in [-0.25, -0.2) is 0 Å². The topological polar surface area (TPSA) is 76.1 Å². The lowest BCUT2D eigenvalue weighted by Crippen LogP contribution is -2.29. The lowest BCUT2D eigenvalue weighted by atomic mass is 10.1. The van der Waals surface area contributed by atoms with Crippen molar-refractivity contribution < 1.29 is 24.2 Å². The second-order valence-corrected chi connectivity index (χ2v) is 5.08. The van der Waals surface area contributed by atoms with Gasteiger partial charge in [-0.15, -0.1) is 0 Å². The number of amides is 2. The Balaban J connectivity index is 1.68. The summed E-state index contributed by atoms with van der Waals surface area (Å²) in [6.07, 6.45) is 0. The van der Waals surface area contributed by atoms with Crippen LogP contribution in [0.3, 0.4) is 0 Å². The van der Waals surface area contributed by atoms with E-state index < -0.39 is 0 Å². The van der Waals surface area contributed by atoms with Crippen LogP contribution < -0.4 is 9.47 Å². The van der Waals surface area contributed by atoms with E-state index in [4.69, 9.17) is 9.47 Å². The number of hydrogen-bond donors (Lipinski definition) is 1. The van der Waals surface area contributed by atoms with E-state index in [0.717, 1.165) is 4.90 Å². The van der Waals surface area contributed by atoms with Crippen molar-refractivity contribution in [1.82, 2.24) is 4.90 Å². The maximum absolute atomic E-state index is 12.3. The molecule has 0 bridgehead atoms. The number of carbonyl (C=O) groups is 2. The number of fused-ring (bicyclic) bond motifs is 2. The molecule has 0 saturated carbocycles. The van der Waals surface area contributed by atoms with E-state index in [1.807, 2.05) is 0 Å². The highest BCUT2D eigenvalue weighted by Crippen LogP contribution is 2.38. The Morgan fingerprint density at radius 2 is 1.59 bits per heavy atom. The summed E-state index contributed by atoms with van der Waals surface area (Å²) in [6, 6.07) is 9.68. The van der Waals surface area contributed by atoms with Crippen LogP contribution in [0.25, 0.3) is 0 Å². The maximum Gasteiger partial charge on any atom is 0.261 e. The minimum atomic E-state index is -0.363. The molecule has 0 radical (unpaired) electrons. The largest absolute Gasteiger partial charge is 0.507 e. The molecule has 2 aliphatic rings. The normalized spacial score (nSPS) is 15.4. The maximum atomic E-state index is 12.3. The molecule has 6 heteroatoms. The zero-order chi connectivity index (χ0) is 15.3. The summed E-state index contributed by atoms with van der Waals surface area (Å²) in [4.78, 5) is 25.8. The minimum Gasteiger partial charge on any atom is -0.507 e. The fraction of sp³-hybridized carbons (Fsp3) is 0.125. The van der Waals surface area contributed by atoms with Gasteiger partial charge < -0.3 is 14.6 Å². The number of nitrogens with zero attached hydrogens (tertiary/aromatic N) is 1. The lowest BCUT2D eigenvalue weighted by molar-refractivity contribution is 0.0641. The van der Waals surface area contributed by atoms with E-state index in [-0.39, 0.29) is 30.9 Å². The summed E-state index contributed by atoms with van der Waals surface area (Å²) in [5, 5.41) is 10.0. The van der Waals surface area contributed by atoms with Gasteiger partial charge >= 0.3 is 0 Å². The van der Waals surface area contributed by atoms with Crippen LogP contribution in [-0.4, -0.2) is 28.6 Å². The first-order chi connectivity index (χ1) is 10.6. The summed E-state index contributed by atoms with van der Waals surface area (Å²) >= 11 is 0. The number of phenolic OH excluding ortho intramolecular Hbond substituents is 1. The molecule has 0 fully saturated rings. The van der Waals surface area contributed by atoms with Crippen LogP contribution in [0.4, 0.5) is 0 Å². The van der Waals surface area contributed by atoms with Crippen LogP contribution in [0, 0.1) is 0 Å². The van der Waals surface area contributed by atoms with Crippen LogP contribution in [0.1, 0.15) is 26.3 Å². The van der Waals surface area contributed by atoms with Crippen molar-refractivity contribution in [3.63, 3.8) is 0 Å². The molecule has 0 aromatic heterocycles. The third kappa shape index (κ3) is 1.74. The van der Waals surface area contributed by atoms with Gasteiger partial charge in [0.2, 0.25) is 6.79 Å². The average molecular weight is 297 g/mol. The Hall–Kier alpha value is -3.02. The zero-order valence-electron chi connectivity index (χ0n) is 11.4. The molecule has 4 rings (SSSR count). The molecule has 2 aliphatic heterocycles. The molecule has 0 saturated heterocycles. The monoisotopic (exact) mass is 297 g/mol. The number of benzene rings is 2. The minimum absolute atomic E-state index is 0.0190. The number of carbonyl (C=O) groups excluding carboxylic acids is 2. The van der Waals surface area contributed by atoms with E-state index in [0.29, 0.717) is 28.2 Å². The summed E-state index contributed by atoms with van der Waals surface area (Å²) in [7, 11) is 0. The molecule has 2 aromatic carbocycles. The Bertz CT molecular complexity index is 779. The first-order valence-electron chi connectivity index (χ1n) is 6.72. The highest BCUT2D eigenvalue weighted by Gasteiger charge is 2.35. The number of aromatic hydroxyl groups is 1. The quantitative estimate of drug-likeness (QED) is 0.857. The third-order valence-corrected chi connectivity index (χ3v) is 3.78. The van der Waals surface area contributed by atoms with Gasteiger partial charge in [-0.1, -0.05) is 12.1 Å². The van der Waals surface area contributed by atoms with Crippen molar-refractivity contribution in [3.8, 4) is 17.2 Å².